The summed E-state index contributed by atoms with van der Waals surface area (Å²) < 4.78 is 0. The summed E-state index contributed by atoms with van der Waals surface area (Å²) in [5.74, 6) is 0.288. The van der Waals surface area contributed by atoms with Crippen LogP contribution in [-0.2, 0) is 24.1 Å². The lowest BCUT2D eigenvalue weighted by Gasteiger charge is -2.05. The SMILES string of the molecule is CCCNCC(=O)Cc1ccc2c(c1)CCC2. The fourth-order valence-electron chi connectivity index (χ4n) is 2.43. The van der Waals surface area contributed by atoms with Crippen molar-refractivity contribution in [2.45, 2.75) is 39.0 Å². The Morgan fingerprint density at radius 1 is 1.29 bits per heavy atom. The van der Waals surface area contributed by atoms with Crippen LogP contribution >= 0.6 is 0 Å². The van der Waals surface area contributed by atoms with Gasteiger partial charge in [0.15, 0.2) is 5.78 Å². The molecule has 1 aliphatic carbocycles. The molecule has 0 saturated heterocycles. The molecule has 2 heteroatoms. The molecule has 17 heavy (non-hydrogen) atoms. The second kappa shape index (κ2) is 5.97. The van der Waals surface area contributed by atoms with Crippen molar-refractivity contribution in [3.8, 4) is 0 Å². The molecule has 0 aliphatic heterocycles. The number of hydrogen-bond acceptors (Lipinski definition) is 2. The number of hydrogen-bond donors (Lipinski definition) is 1. The van der Waals surface area contributed by atoms with Gasteiger partial charge >= 0.3 is 0 Å². The van der Waals surface area contributed by atoms with Crippen molar-refractivity contribution in [2.75, 3.05) is 13.1 Å². The number of carbonyl (C=O) groups is 1. The van der Waals surface area contributed by atoms with E-state index in [0.717, 1.165) is 13.0 Å². The number of aryl methyl sites for hydroxylation is 2. The molecule has 0 amide bonds. The van der Waals surface area contributed by atoms with Crippen LogP contribution in [-0.4, -0.2) is 18.9 Å². The highest BCUT2D eigenvalue weighted by molar-refractivity contribution is 5.82. The maximum absolute atomic E-state index is 11.7. The first kappa shape index (κ1) is 12.3. The lowest BCUT2D eigenvalue weighted by molar-refractivity contribution is -0.117. The van der Waals surface area contributed by atoms with E-state index in [1.54, 1.807) is 0 Å². The third kappa shape index (κ3) is 3.40. The van der Waals surface area contributed by atoms with E-state index in [9.17, 15) is 4.79 Å². The van der Waals surface area contributed by atoms with Crippen LogP contribution in [0.4, 0.5) is 0 Å². The van der Waals surface area contributed by atoms with E-state index >= 15 is 0 Å². The number of Topliss-reactive ketones (excluding diaryl/α,β-unsaturated/α-hetero) is 1. The molecule has 0 spiro atoms. The largest absolute Gasteiger partial charge is 0.310 e. The van der Waals surface area contributed by atoms with Crippen molar-refractivity contribution >= 4 is 5.78 Å². The van der Waals surface area contributed by atoms with Gasteiger partial charge in [0, 0.05) is 6.42 Å². The van der Waals surface area contributed by atoms with Gasteiger partial charge < -0.3 is 5.32 Å². The number of nitrogens with one attached hydrogen (secondary N) is 1. The van der Waals surface area contributed by atoms with Crippen molar-refractivity contribution < 1.29 is 4.79 Å². The van der Waals surface area contributed by atoms with Gasteiger partial charge in [-0.2, -0.15) is 0 Å². The highest BCUT2D eigenvalue weighted by Crippen LogP contribution is 2.22. The van der Waals surface area contributed by atoms with E-state index in [1.807, 2.05) is 0 Å². The molecule has 0 atom stereocenters. The van der Waals surface area contributed by atoms with Gasteiger partial charge in [-0.1, -0.05) is 25.1 Å². The third-order valence-electron chi connectivity index (χ3n) is 3.31. The molecule has 1 aliphatic rings. The summed E-state index contributed by atoms with van der Waals surface area (Å²) in [5.41, 5.74) is 4.11. The van der Waals surface area contributed by atoms with Crippen molar-refractivity contribution in [3.63, 3.8) is 0 Å². The van der Waals surface area contributed by atoms with Crippen LogP contribution in [0.2, 0.25) is 0 Å². The van der Waals surface area contributed by atoms with Crippen LogP contribution in [0.15, 0.2) is 18.2 Å². The van der Waals surface area contributed by atoms with Crippen molar-refractivity contribution in [3.05, 3.63) is 34.9 Å². The van der Waals surface area contributed by atoms with Crippen LogP contribution in [0, 0.1) is 0 Å². The Labute approximate surface area is 103 Å². The summed E-state index contributed by atoms with van der Waals surface area (Å²) in [5, 5.41) is 3.16. The Balaban J connectivity index is 1.88. The molecule has 0 heterocycles. The highest BCUT2D eigenvalue weighted by atomic mass is 16.1. The van der Waals surface area contributed by atoms with Crippen molar-refractivity contribution in [1.82, 2.24) is 5.32 Å². The van der Waals surface area contributed by atoms with Gasteiger partial charge in [-0.05, 0) is 48.9 Å². The minimum atomic E-state index is 0.288. The van der Waals surface area contributed by atoms with E-state index in [-0.39, 0.29) is 5.78 Å². The van der Waals surface area contributed by atoms with Crippen LogP contribution in [0.1, 0.15) is 36.5 Å². The van der Waals surface area contributed by atoms with E-state index in [1.165, 1.54) is 36.0 Å². The van der Waals surface area contributed by atoms with Gasteiger partial charge in [-0.25, -0.2) is 0 Å². The van der Waals surface area contributed by atoms with Crippen LogP contribution < -0.4 is 5.32 Å². The van der Waals surface area contributed by atoms with Gasteiger partial charge in [-0.15, -0.1) is 0 Å². The monoisotopic (exact) mass is 231 g/mol. The number of ketones is 1. The zero-order valence-corrected chi connectivity index (χ0v) is 10.6. The standard InChI is InChI=1S/C15H21NO/c1-2-8-16-11-15(17)10-12-6-7-13-4-3-5-14(13)9-12/h6-7,9,16H,2-5,8,10-11H2,1H3. The molecule has 0 bridgehead atoms. The lowest BCUT2D eigenvalue weighted by Crippen LogP contribution is -2.24. The van der Waals surface area contributed by atoms with Crippen molar-refractivity contribution in [1.29, 1.82) is 0 Å². The maximum Gasteiger partial charge on any atom is 0.150 e. The average molecular weight is 231 g/mol. The minimum Gasteiger partial charge on any atom is -0.310 e. The van der Waals surface area contributed by atoms with Gasteiger partial charge in [0.2, 0.25) is 0 Å². The summed E-state index contributed by atoms with van der Waals surface area (Å²) in [6, 6.07) is 6.53. The Bertz CT molecular complexity index is 398. The zero-order valence-electron chi connectivity index (χ0n) is 10.6. The van der Waals surface area contributed by atoms with E-state index in [0.29, 0.717) is 13.0 Å². The lowest BCUT2D eigenvalue weighted by atomic mass is 10.0. The summed E-state index contributed by atoms with van der Waals surface area (Å²) in [6.45, 7) is 3.54. The first-order valence-electron chi connectivity index (χ1n) is 6.62. The molecule has 0 saturated carbocycles. The Morgan fingerprint density at radius 3 is 2.94 bits per heavy atom. The normalized spacial score (nSPS) is 13.7. The van der Waals surface area contributed by atoms with Gasteiger partial charge in [0.1, 0.15) is 0 Å². The molecule has 2 nitrogen and oxygen atoms in total. The Kier molecular flexibility index (Phi) is 4.32. The molecule has 2 rings (SSSR count). The fourth-order valence-corrected chi connectivity index (χ4v) is 2.43. The third-order valence-corrected chi connectivity index (χ3v) is 3.31. The molecule has 1 aromatic carbocycles. The average Bonchev–Trinajstić information content (AvgIpc) is 2.76. The second-order valence-corrected chi connectivity index (χ2v) is 4.85. The number of benzene rings is 1. The smallest absolute Gasteiger partial charge is 0.150 e. The molecule has 0 fully saturated rings. The van der Waals surface area contributed by atoms with E-state index in [4.69, 9.17) is 0 Å². The number of rotatable bonds is 6. The summed E-state index contributed by atoms with van der Waals surface area (Å²) in [7, 11) is 0. The molecule has 0 radical (unpaired) electrons. The van der Waals surface area contributed by atoms with E-state index in [2.05, 4.69) is 30.4 Å². The molecule has 1 N–H and O–H groups in total. The minimum absolute atomic E-state index is 0.288. The first-order chi connectivity index (χ1) is 8.29. The molecule has 0 aromatic heterocycles. The topological polar surface area (TPSA) is 29.1 Å². The summed E-state index contributed by atoms with van der Waals surface area (Å²) in [6.07, 6.45) is 5.31. The molecule has 92 valence electrons. The predicted molar refractivity (Wildman–Crippen MR) is 70.3 cm³/mol. The molecule has 1 aromatic rings. The molecular weight excluding hydrogens is 210 g/mol. The molecule has 0 unspecified atom stereocenters. The van der Waals surface area contributed by atoms with Gasteiger partial charge in [-0.3, -0.25) is 4.79 Å². The van der Waals surface area contributed by atoms with Gasteiger partial charge in [0.05, 0.1) is 6.54 Å². The fraction of sp³-hybridized carbons (Fsp3) is 0.533. The Hall–Kier alpha value is -1.15. The number of fused-ring (bicyclic) bond motifs is 1. The van der Waals surface area contributed by atoms with Crippen LogP contribution in [0.25, 0.3) is 0 Å². The highest BCUT2D eigenvalue weighted by Gasteiger charge is 2.11. The van der Waals surface area contributed by atoms with Crippen molar-refractivity contribution in [2.24, 2.45) is 0 Å². The second-order valence-electron chi connectivity index (χ2n) is 4.85. The van der Waals surface area contributed by atoms with E-state index < -0.39 is 0 Å². The predicted octanol–water partition coefficient (Wildman–Crippen LogP) is 2.29. The quantitative estimate of drug-likeness (QED) is 0.761. The summed E-state index contributed by atoms with van der Waals surface area (Å²) >= 11 is 0. The van der Waals surface area contributed by atoms with Gasteiger partial charge in [0.25, 0.3) is 0 Å². The summed E-state index contributed by atoms with van der Waals surface area (Å²) in [4.78, 5) is 11.7. The maximum atomic E-state index is 11.7. The van der Waals surface area contributed by atoms with Crippen LogP contribution in [0.3, 0.4) is 0 Å². The van der Waals surface area contributed by atoms with Crippen LogP contribution in [0.5, 0.6) is 0 Å². The number of carbonyl (C=O) groups excluding carboxylic acids is 1. The first-order valence-corrected chi connectivity index (χ1v) is 6.62. The molecular formula is C15H21NO. The zero-order chi connectivity index (χ0) is 12.1. The Morgan fingerprint density at radius 2 is 2.12 bits per heavy atom.